The Balaban J connectivity index is 1.99. The SMILES string of the molecule is CC(=O)C1CCC(CNC(=O)CN2CCN(CC(=O)O)CCN(CC(=O)O)CCN(CC(=O)O)CC2)CC1. The molecular weight excluding hydrogens is 498 g/mol. The molecule has 38 heavy (non-hydrogen) atoms. The first-order valence-electron chi connectivity index (χ1n) is 13.3. The molecule has 2 rings (SSSR count). The van der Waals surface area contributed by atoms with E-state index >= 15 is 0 Å². The van der Waals surface area contributed by atoms with Crippen LogP contribution in [0.1, 0.15) is 32.6 Å². The van der Waals surface area contributed by atoms with E-state index in [9.17, 15) is 39.3 Å². The van der Waals surface area contributed by atoms with Crippen LogP contribution < -0.4 is 5.32 Å². The third-order valence-corrected chi connectivity index (χ3v) is 7.38. The van der Waals surface area contributed by atoms with Gasteiger partial charge in [0.1, 0.15) is 5.78 Å². The van der Waals surface area contributed by atoms with Gasteiger partial charge in [0.05, 0.1) is 26.2 Å². The second kappa shape index (κ2) is 16.4. The summed E-state index contributed by atoms with van der Waals surface area (Å²) >= 11 is 0. The molecule has 216 valence electrons. The monoisotopic (exact) mass is 541 g/mol. The Morgan fingerprint density at radius 2 is 0.947 bits per heavy atom. The van der Waals surface area contributed by atoms with E-state index in [0.717, 1.165) is 25.7 Å². The maximum atomic E-state index is 12.8. The Labute approximate surface area is 223 Å². The summed E-state index contributed by atoms with van der Waals surface area (Å²) in [6, 6.07) is 0. The van der Waals surface area contributed by atoms with Crippen LogP contribution in [0.2, 0.25) is 0 Å². The highest BCUT2D eigenvalue weighted by Crippen LogP contribution is 2.28. The molecule has 1 saturated carbocycles. The minimum Gasteiger partial charge on any atom is -0.480 e. The van der Waals surface area contributed by atoms with Gasteiger partial charge in [0, 0.05) is 64.8 Å². The predicted octanol–water partition coefficient (Wildman–Crippen LogP) is -1.03. The molecule has 0 aromatic carbocycles. The van der Waals surface area contributed by atoms with Crippen LogP contribution in [0.3, 0.4) is 0 Å². The Kier molecular flexibility index (Phi) is 13.6. The summed E-state index contributed by atoms with van der Waals surface area (Å²) in [6.07, 6.45) is 3.51. The number of carboxylic acids is 3. The number of hydrogen-bond acceptors (Lipinski definition) is 9. The van der Waals surface area contributed by atoms with Gasteiger partial charge in [-0.25, -0.2) is 0 Å². The molecule has 0 atom stereocenters. The summed E-state index contributed by atoms with van der Waals surface area (Å²) in [5.74, 6) is -2.43. The van der Waals surface area contributed by atoms with Crippen LogP contribution in [0.15, 0.2) is 0 Å². The van der Waals surface area contributed by atoms with Gasteiger partial charge in [-0.1, -0.05) is 0 Å². The minimum absolute atomic E-state index is 0.107. The van der Waals surface area contributed by atoms with E-state index in [-0.39, 0.29) is 43.8 Å². The van der Waals surface area contributed by atoms with E-state index in [1.807, 2.05) is 4.90 Å². The van der Waals surface area contributed by atoms with Crippen LogP contribution >= 0.6 is 0 Å². The lowest BCUT2D eigenvalue weighted by molar-refractivity contribution is -0.140. The zero-order valence-corrected chi connectivity index (χ0v) is 22.3. The van der Waals surface area contributed by atoms with E-state index in [1.165, 1.54) is 0 Å². The van der Waals surface area contributed by atoms with Crippen molar-refractivity contribution in [3.63, 3.8) is 0 Å². The molecule has 0 bridgehead atoms. The summed E-state index contributed by atoms with van der Waals surface area (Å²) < 4.78 is 0. The second-order valence-corrected chi connectivity index (χ2v) is 10.4. The Bertz CT molecular complexity index is 786. The quantitative estimate of drug-likeness (QED) is 0.251. The van der Waals surface area contributed by atoms with Gasteiger partial charge in [0.25, 0.3) is 0 Å². The molecule has 1 amide bonds. The smallest absolute Gasteiger partial charge is 0.317 e. The first-order chi connectivity index (χ1) is 18.0. The van der Waals surface area contributed by atoms with E-state index in [2.05, 4.69) is 5.32 Å². The minimum atomic E-state index is -1.00. The number of Topliss-reactive ketones (excluding diaryl/α,β-unsaturated/α-hetero) is 1. The molecule has 2 fully saturated rings. The molecule has 1 aliphatic carbocycles. The van der Waals surface area contributed by atoms with Crippen LogP contribution in [0, 0.1) is 11.8 Å². The topological polar surface area (TPSA) is 171 Å². The van der Waals surface area contributed by atoms with E-state index in [1.54, 1.807) is 21.6 Å². The zero-order chi connectivity index (χ0) is 28.1. The first kappa shape index (κ1) is 31.6. The number of carboxylic acid groups (broad SMARTS) is 3. The van der Waals surface area contributed by atoms with Crippen LogP contribution in [0.4, 0.5) is 0 Å². The third kappa shape index (κ3) is 12.8. The number of amides is 1. The number of hydrogen-bond donors (Lipinski definition) is 4. The van der Waals surface area contributed by atoms with Gasteiger partial charge < -0.3 is 20.6 Å². The third-order valence-electron chi connectivity index (χ3n) is 7.38. The van der Waals surface area contributed by atoms with Gasteiger partial charge in [-0.2, -0.15) is 0 Å². The van der Waals surface area contributed by atoms with Crippen molar-refractivity contribution in [2.24, 2.45) is 11.8 Å². The van der Waals surface area contributed by atoms with Gasteiger partial charge in [-0.15, -0.1) is 0 Å². The summed E-state index contributed by atoms with van der Waals surface area (Å²) in [4.78, 5) is 65.5. The highest BCUT2D eigenvalue weighted by molar-refractivity contribution is 5.78. The molecule has 1 aliphatic heterocycles. The van der Waals surface area contributed by atoms with Crippen LogP contribution in [-0.4, -0.2) is 150 Å². The molecule has 0 aromatic heterocycles. The maximum Gasteiger partial charge on any atom is 0.317 e. The molecule has 0 aromatic rings. The van der Waals surface area contributed by atoms with Crippen molar-refractivity contribution in [3.05, 3.63) is 0 Å². The van der Waals surface area contributed by atoms with Gasteiger partial charge in [0.2, 0.25) is 5.91 Å². The lowest BCUT2D eigenvalue weighted by Crippen LogP contribution is -2.50. The van der Waals surface area contributed by atoms with E-state index < -0.39 is 17.9 Å². The summed E-state index contributed by atoms with van der Waals surface area (Å²) in [6.45, 7) is 4.54. The number of ketones is 1. The van der Waals surface area contributed by atoms with Crippen molar-refractivity contribution >= 4 is 29.6 Å². The van der Waals surface area contributed by atoms with E-state index in [0.29, 0.717) is 64.8 Å². The van der Waals surface area contributed by atoms with Crippen molar-refractivity contribution in [1.82, 2.24) is 24.9 Å². The van der Waals surface area contributed by atoms with Crippen molar-refractivity contribution < 1.29 is 39.3 Å². The number of carbonyl (C=O) groups excluding carboxylic acids is 2. The number of nitrogens with zero attached hydrogens (tertiary/aromatic N) is 4. The molecular formula is C25H43N5O8. The highest BCUT2D eigenvalue weighted by Gasteiger charge is 2.25. The fraction of sp³-hybridized carbons (Fsp3) is 0.800. The first-order valence-corrected chi connectivity index (χ1v) is 13.3. The summed E-state index contributed by atoms with van der Waals surface area (Å²) in [7, 11) is 0. The average molecular weight is 542 g/mol. The standard InChI is InChI=1S/C25H43N5O8/c1-19(31)21-4-2-20(3-5-21)14-26-22(32)15-27-6-8-28(16-23(33)34)10-12-30(18-25(37)38)13-11-29(9-7-27)17-24(35)36/h20-21H,2-18H2,1H3,(H,26,32)(H,33,34)(H,35,36)(H,37,38). The number of aliphatic carboxylic acids is 3. The molecule has 2 aliphatic rings. The van der Waals surface area contributed by atoms with Crippen molar-refractivity contribution in [2.75, 3.05) is 85.1 Å². The Morgan fingerprint density at radius 1 is 0.605 bits per heavy atom. The Hall–Kier alpha value is -2.61. The van der Waals surface area contributed by atoms with Gasteiger partial charge in [-0.3, -0.25) is 43.6 Å². The van der Waals surface area contributed by atoms with Crippen LogP contribution in [0.25, 0.3) is 0 Å². The number of rotatable bonds is 11. The molecule has 0 radical (unpaired) electrons. The molecule has 13 heteroatoms. The summed E-state index contributed by atoms with van der Waals surface area (Å²) in [5, 5.41) is 30.9. The van der Waals surface area contributed by atoms with Crippen LogP contribution in [0.5, 0.6) is 0 Å². The molecule has 13 nitrogen and oxygen atoms in total. The lowest BCUT2D eigenvalue weighted by atomic mass is 9.80. The van der Waals surface area contributed by atoms with Crippen LogP contribution in [-0.2, 0) is 24.0 Å². The highest BCUT2D eigenvalue weighted by atomic mass is 16.4. The molecule has 0 unspecified atom stereocenters. The summed E-state index contributed by atoms with van der Waals surface area (Å²) in [5.41, 5.74) is 0. The van der Waals surface area contributed by atoms with Crippen molar-refractivity contribution in [3.8, 4) is 0 Å². The Morgan fingerprint density at radius 3 is 1.26 bits per heavy atom. The number of carbonyl (C=O) groups is 5. The molecule has 1 heterocycles. The van der Waals surface area contributed by atoms with Gasteiger partial charge in [0.15, 0.2) is 0 Å². The van der Waals surface area contributed by atoms with Gasteiger partial charge >= 0.3 is 17.9 Å². The molecule has 1 saturated heterocycles. The lowest BCUT2D eigenvalue weighted by Gasteiger charge is -2.33. The second-order valence-electron chi connectivity index (χ2n) is 10.4. The molecule has 4 N–H and O–H groups in total. The fourth-order valence-electron chi connectivity index (χ4n) is 5.08. The van der Waals surface area contributed by atoms with E-state index in [4.69, 9.17) is 0 Å². The van der Waals surface area contributed by atoms with Crippen molar-refractivity contribution in [1.29, 1.82) is 0 Å². The molecule has 0 spiro atoms. The van der Waals surface area contributed by atoms with Crippen molar-refractivity contribution in [2.45, 2.75) is 32.6 Å². The normalized spacial score (nSPS) is 23.6. The van der Waals surface area contributed by atoms with Gasteiger partial charge in [-0.05, 0) is 38.5 Å². The fourth-order valence-corrected chi connectivity index (χ4v) is 5.08. The maximum absolute atomic E-state index is 12.8. The predicted molar refractivity (Wildman–Crippen MR) is 138 cm³/mol. The largest absolute Gasteiger partial charge is 0.480 e. The zero-order valence-electron chi connectivity index (χ0n) is 22.3. The number of nitrogens with one attached hydrogen (secondary N) is 1. The average Bonchev–Trinajstić information content (AvgIpc) is 2.83.